The van der Waals surface area contributed by atoms with Gasteiger partial charge in [0.05, 0.1) is 11.3 Å². The second kappa shape index (κ2) is 4.31. The molecule has 0 spiro atoms. The van der Waals surface area contributed by atoms with Gasteiger partial charge in [-0.1, -0.05) is 13.8 Å². The van der Waals surface area contributed by atoms with E-state index in [1.165, 1.54) is 6.92 Å². The molecule has 1 aromatic heterocycles. The molecule has 0 atom stereocenters. The minimum atomic E-state index is 0.0265. The van der Waals surface area contributed by atoms with E-state index < -0.39 is 0 Å². The highest BCUT2D eigenvalue weighted by Gasteiger charge is 2.07. The molecule has 3 nitrogen and oxygen atoms in total. The Kier molecular flexibility index (Phi) is 3.33. The molecule has 0 aliphatic heterocycles. The fraction of sp³-hybridized carbons (Fsp3) is 0.545. The monoisotopic (exact) mass is 192 g/mol. The number of ketones is 1. The van der Waals surface area contributed by atoms with Crippen LogP contribution < -0.4 is 0 Å². The van der Waals surface area contributed by atoms with Gasteiger partial charge in [-0.25, -0.2) is 9.97 Å². The van der Waals surface area contributed by atoms with Crippen molar-refractivity contribution in [2.45, 2.75) is 34.1 Å². The molecule has 0 radical (unpaired) electrons. The number of rotatable bonds is 3. The van der Waals surface area contributed by atoms with Crippen LogP contribution in [-0.2, 0) is 6.42 Å². The van der Waals surface area contributed by atoms with Crippen molar-refractivity contribution < 1.29 is 4.79 Å². The number of aryl methyl sites for hydroxylation is 1. The Morgan fingerprint density at radius 2 is 2.14 bits per heavy atom. The molecule has 0 saturated heterocycles. The number of Topliss-reactive ketones (excluding diaryl/α,β-unsaturated/α-hetero) is 1. The van der Waals surface area contributed by atoms with Crippen LogP contribution in [0.15, 0.2) is 6.20 Å². The van der Waals surface area contributed by atoms with Crippen molar-refractivity contribution in [2.75, 3.05) is 0 Å². The molecule has 14 heavy (non-hydrogen) atoms. The topological polar surface area (TPSA) is 42.9 Å². The summed E-state index contributed by atoms with van der Waals surface area (Å²) in [6.45, 7) is 7.63. The van der Waals surface area contributed by atoms with Gasteiger partial charge in [0.1, 0.15) is 5.82 Å². The summed E-state index contributed by atoms with van der Waals surface area (Å²) in [4.78, 5) is 19.6. The van der Waals surface area contributed by atoms with E-state index in [1.54, 1.807) is 6.20 Å². The largest absolute Gasteiger partial charge is 0.294 e. The quantitative estimate of drug-likeness (QED) is 0.689. The van der Waals surface area contributed by atoms with Crippen LogP contribution in [0.3, 0.4) is 0 Å². The van der Waals surface area contributed by atoms with Gasteiger partial charge in [-0.2, -0.15) is 0 Å². The van der Waals surface area contributed by atoms with Crippen molar-refractivity contribution >= 4 is 5.78 Å². The van der Waals surface area contributed by atoms with E-state index >= 15 is 0 Å². The van der Waals surface area contributed by atoms with Crippen molar-refractivity contribution in [3.8, 4) is 0 Å². The minimum absolute atomic E-state index is 0.0265. The molecule has 0 bridgehead atoms. The zero-order valence-electron chi connectivity index (χ0n) is 9.16. The van der Waals surface area contributed by atoms with Gasteiger partial charge in [0.25, 0.3) is 0 Å². The van der Waals surface area contributed by atoms with Crippen LogP contribution in [0, 0.1) is 12.8 Å². The van der Waals surface area contributed by atoms with Crippen molar-refractivity contribution in [1.29, 1.82) is 0 Å². The lowest BCUT2D eigenvalue weighted by Gasteiger charge is -2.05. The van der Waals surface area contributed by atoms with Gasteiger partial charge < -0.3 is 0 Å². The third-order valence-electron chi connectivity index (χ3n) is 2.00. The molecule has 0 aromatic carbocycles. The summed E-state index contributed by atoms with van der Waals surface area (Å²) in [7, 11) is 0. The Morgan fingerprint density at radius 1 is 1.50 bits per heavy atom. The van der Waals surface area contributed by atoms with E-state index in [0.717, 1.165) is 17.9 Å². The van der Waals surface area contributed by atoms with Crippen LogP contribution in [0.25, 0.3) is 0 Å². The first-order valence-electron chi connectivity index (χ1n) is 4.84. The third-order valence-corrected chi connectivity index (χ3v) is 2.00. The van der Waals surface area contributed by atoms with E-state index in [9.17, 15) is 4.79 Å². The fourth-order valence-electron chi connectivity index (χ4n) is 1.32. The maximum atomic E-state index is 11.1. The lowest BCUT2D eigenvalue weighted by Crippen LogP contribution is -2.06. The highest BCUT2D eigenvalue weighted by Crippen LogP contribution is 2.07. The smallest absolute Gasteiger partial charge is 0.163 e. The van der Waals surface area contributed by atoms with Gasteiger partial charge in [-0.05, 0) is 19.8 Å². The Morgan fingerprint density at radius 3 is 2.57 bits per heavy atom. The van der Waals surface area contributed by atoms with E-state index in [-0.39, 0.29) is 5.78 Å². The first kappa shape index (κ1) is 10.8. The Hall–Kier alpha value is -1.25. The zero-order valence-corrected chi connectivity index (χ0v) is 9.16. The molecule has 0 aliphatic carbocycles. The maximum Gasteiger partial charge on any atom is 0.163 e. The number of nitrogens with zero attached hydrogens (tertiary/aromatic N) is 2. The summed E-state index contributed by atoms with van der Waals surface area (Å²) in [5.41, 5.74) is 1.40. The van der Waals surface area contributed by atoms with Crippen LogP contribution in [0.5, 0.6) is 0 Å². The van der Waals surface area contributed by atoms with Crippen LogP contribution >= 0.6 is 0 Å². The summed E-state index contributed by atoms with van der Waals surface area (Å²) >= 11 is 0. The summed E-state index contributed by atoms with van der Waals surface area (Å²) in [6, 6.07) is 0. The molecule has 1 rings (SSSR count). The number of carbonyl (C=O) groups is 1. The zero-order chi connectivity index (χ0) is 10.7. The number of aromatic nitrogens is 2. The summed E-state index contributed by atoms with van der Waals surface area (Å²) in [5.74, 6) is 1.39. The van der Waals surface area contributed by atoms with Crippen molar-refractivity contribution in [1.82, 2.24) is 9.97 Å². The van der Waals surface area contributed by atoms with Gasteiger partial charge in [0, 0.05) is 12.6 Å². The molecule has 3 heteroatoms. The van der Waals surface area contributed by atoms with E-state index in [4.69, 9.17) is 0 Å². The molecule has 0 saturated carbocycles. The lowest BCUT2D eigenvalue weighted by molar-refractivity contribution is 0.101. The van der Waals surface area contributed by atoms with Crippen LogP contribution in [-0.4, -0.2) is 15.8 Å². The summed E-state index contributed by atoms with van der Waals surface area (Å²) < 4.78 is 0. The highest BCUT2D eigenvalue weighted by molar-refractivity contribution is 5.94. The van der Waals surface area contributed by atoms with E-state index in [1.807, 2.05) is 6.92 Å². The first-order chi connectivity index (χ1) is 6.50. The van der Waals surface area contributed by atoms with Crippen molar-refractivity contribution in [2.24, 2.45) is 5.92 Å². The predicted octanol–water partition coefficient (Wildman–Crippen LogP) is 2.19. The molecule has 0 fully saturated rings. The second-order valence-corrected chi connectivity index (χ2v) is 3.94. The highest BCUT2D eigenvalue weighted by atomic mass is 16.1. The van der Waals surface area contributed by atoms with E-state index in [0.29, 0.717) is 11.5 Å². The van der Waals surface area contributed by atoms with Gasteiger partial charge in [0.2, 0.25) is 0 Å². The maximum absolute atomic E-state index is 11.1. The molecular formula is C11H16N2O. The lowest BCUT2D eigenvalue weighted by atomic mass is 10.1. The van der Waals surface area contributed by atoms with Gasteiger partial charge in [-0.3, -0.25) is 4.79 Å². The van der Waals surface area contributed by atoms with Gasteiger partial charge in [-0.15, -0.1) is 0 Å². The standard InChI is InChI=1S/C11H16N2O/c1-7(2)5-11-12-6-10(9(4)14)8(3)13-11/h6-7H,5H2,1-4H3. The molecule has 76 valence electrons. The fourth-order valence-corrected chi connectivity index (χ4v) is 1.32. The van der Waals surface area contributed by atoms with Gasteiger partial charge in [0.15, 0.2) is 5.78 Å². The Labute approximate surface area is 84.6 Å². The summed E-state index contributed by atoms with van der Waals surface area (Å²) in [6.07, 6.45) is 2.49. The summed E-state index contributed by atoms with van der Waals surface area (Å²) in [5, 5.41) is 0. The second-order valence-electron chi connectivity index (χ2n) is 3.94. The average molecular weight is 192 g/mol. The SMILES string of the molecule is CC(=O)c1cnc(CC(C)C)nc1C. The predicted molar refractivity (Wildman–Crippen MR) is 55.3 cm³/mol. The van der Waals surface area contributed by atoms with Crippen LogP contribution in [0.1, 0.15) is 42.6 Å². The molecule has 0 aliphatic rings. The third kappa shape index (κ3) is 2.62. The molecule has 0 amide bonds. The van der Waals surface area contributed by atoms with Crippen LogP contribution in [0.4, 0.5) is 0 Å². The molecular weight excluding hydrogens is 176 g/mol. The van der Waals surface area contributed by atoms with Crippen molar-refractivity contribution in [3.05, 3.63) is 23.3 Å². The molecule has 0 N–H and O–H groups in total. The number of carbonyl (C=O) groups excluding carboxylic acids is 1. The molecule has 1 aromatic rings. The normalized spacial score (nSPS) is 10.6. The van der Waals surface area contributed by atoms with Crippen molar-refractivity contribution in [3.63, 3.8) is 0 Å². The van der Waals surface area contributed by atoms with Gasteiger partial charge >= 0.3 is 0 Å². The van der Waals surface area contributed by atoms with Crippen LogP contribution in [0.2, 0.25) is 0 Å². The first-order valence-corrected chi connectivity index (χ1v) is 4.84. The Balaban J connectivity index is 2.94. The average Bonchev–Trinajstić information content (AvgIpc) is 2.01. The number of hydrogen-bond donors (Lipinski definition) is 0. The Bertz CT molecular complexity index is 345. The molecule has 0 unspecified atom stereocenters. The minimum Gasteiger partial charge on any atom is -0.294 e. The molecule has 1 heterocycles. The number of hydrogen-bond acceptors (Lipinski definition) is 3. The van der Waals surface area contributed by atoms with E-state index in [2.05, 4.69) is 23.8 Å².